The molecule has 1 unspecified atom stereocenters. The Morgan fingerprint density at radius 1 is 1.14 bits per heavy atom. The van der Waals surface area contributed by atoms with E-state index >= 15 is 0 Å². The summed E-state index contributed by atoms with van der Waals surface area (Å²) in [6.07, 6.45) is -7.02. The van der Waals surface area contributed by atoms with Crippen LogP contribution in [0.25, 0.3) is 22.4 Å². The third-order valence-corrected chi connectivity index (χ3v) is 7.86. The number of carboxylic acids is 1. The largest absolute Gasteiger partial charge is 0.481 e. The molecule has 0 saturated heterocycles. The van der Waals surface area contributed by atoms with E-state index in [9.17, 15) is 31.5 Å². The Morgan fingerprint density at radius 2 is 1.86 bits per heavy atom. The van der Waals surface area contributed by atoms with Gasteiger partial charge in [-0.1, -0.05) is 29.8 Å². The highest BCUT2D eigenvalue weighted by Gasteiger charge is 2.56. The number of nitrogens with two attached hydrogens (primary N) is 1. The van der Waals surface area contributed by atoms with E-state index in [0.717, 1.165) is 15.8 Å². The zero-order valence-corrected chi connectivity index (χ0v) is 23.4. The van der Waals surface area contributed by atoms with E-state index in [1.165, 1.54) is 18.2 Å². The molecule has 226 valence electrons. The van der Waals surface area contributed by atoms with Crippen molar-refractivity contribution in [1.82, 2.24) is 19.7 Å². The van der Waals surface area contributed by atoms with E-state index in [2.05, 4.69) is 20.4 Å². The van der Waals surface area contributed by atoms with Crippen LogP contribution in [-0.4, -0.2) is 48.8 Å². The molecule has 9 nitrogen and oxygen atoms in total. The van der Waals surface area contributed by atoms with E-state index in [1.54, 1.807) is 32.0 Å². The van der Waals surface area contributed by atoms with E-state index in [4.69, 9.17) is 22.4 Å². The van der Waals surface area contributed by atoms with Crippen LogP contribution in [-0.2, 0) is 28.0 Å². The van der Waals surface area contributed by atoms with Gasteiger partial charge in [-0.3, -0.25) is 14.3 Å². The molecular formula is C28H24ClF5N6O3. The van der Waals surface area contributed by atoms with Crippen LogP contribution in [0.4, 0.5) is 33.6 Å². The summed E-state index contributed by atoms with van der Waals surface area (Å²) >= 11 is 6.07. The molecule has 2 aromatic heterocycles. The molecule has 4 N–H and O–H groups in total. The number of anilines is 2. The minimum atomic E-state index is -5.73. The second-order valence-corrected chi connectivity index (χ2v) is 10.9. The van der Waals surface area contributed by atoms with E-state index in [0.29, 0.717) is 17.4 Å². The molecule has 1 atom stereocenters. The van der Waals surface area contributed by atoms with Crippen LogP contribution in [0.15, 0.2) is 36.4 Å². The smallest absolute Gasteiger partial charge is 0.453 e. The number of benzene rings is 2. The van der Waals surface area contributed by atoms with Gasteiger partial charge >= 0.3 is 18.1 Å². The maximum absolute atomic E-state index is 13.7. The van der Waals surface area contributed by atoms with E-state index in [-0.39, 0.29) is 45.7 Å². The second kappa shape index (κ2) is 10.4. The van der Waals surface area contributed by atoms with Gasteiger partial charge < -0.3 is 16.2 Å². The number of aromatic nitrogens is 4. The lowest BCUT2D eigenvalue weighted by atomic mass is 9.76. The van der Waals surface area contributed by atoms with Gasteiger partial charge in [-0.15, -0.1) is 0 Å². The molecule has 5 rings (SSSR count). The summed E-state index contributed by atoms with van der Waals surface area (Å²) in [5.74, 6) is -6.40. The molecule has 15 heteroatoms. The molecule has 0 bridgehead atoms. The molecule has 1 aliphatic heterocycles. The number of hydrogen-bond acceptors (Lipinski definition) is 6. The average molecular weight is 623 g/mol. The summed E-state index contributed by atoms with van der Waals surface area (Å²) in [4.78, 5) is 33.2. The van der Waals surface area contributed by atoms with Gasteiger partial charge in [0.1, 0.15) is 22.7 Å². The topological polar surface area (TPSA) is 136 Å². The SMILES string of the molecule is Cc1cc(C2(C)C(=O)Nc3nc(-c4nn(CCC(F)(F)C(F)(F)F)c5cc(Cl)ccc45)nc(N)c32)ccc1CCC(=O)O. The van der Waals surface area contributed by atoms with Crippen LogP contribution in [0.2, 0.25) is 5.02 Å². The molecule has 1 aliphatic rings. The Bertz CT molecular complexity index is 1790. The maximum atomic E-state index is 13.7. The van der Waals surface area contributed by atoms with Crippen molar-refractivity contribution in [1.29, 1.82) is 0 Å². The summed E-state index contributed by atoms with van der Waals surface area (Å²) in [7, 11) is 0. The number of nitrogens with one attached hydrogen (secondary N) is 1. The zero-order chi connectivity index (χ0) is 31.5. The number of hydrogen-bond donors (Lipinski definition) is 3. The van der Waals surface area contributed by atoms with Crippen LogP contribution in [0, 0.1) is 6.92 Å². The van der Waals surface area contributed by atoms with Gasteiger partial charge in [0.2, 0.25) is 5.91 Å². The van der Waals surface area contributed by atoms with Gasteiger partial charge in [0.05, 0.1) is 11.1 Å². The lowest BCUT2D eigenvalue weighted by Gasteiger charge is -2.24. The minimum absolute atomic E-state index is 0.0398. The number of carbonyl (C=O) groups excluding carboxylic acids is 1. The molecule has 2 aromatic carbocycles. The highest BCUT2D eigenvalue weighted by molar-refractivity contribution is 6.31. The van der Waals surface area contributed by atoms with Crippen LogP contribution in [0.3, 0.4) is 0 Å². The van der Waals surface area contributed by atoms with E-state index in [1.807, 2.05) is 0 Å². The number of carbonyl (C=O) groups is 2. The van der Waals surface area contributed by atoms with Crippen LogP contribution < -0.4 is 11.1 Å². The van der Waals surface area contributed by atoms with Gasteiger partial charge in [0, 0.05) is 29.8 Å². The fourth-order valence-electron chi connectivity index (χ4n) is 5.19. The Labute approximate surface area is 245 Å². The Hall–Kier alpha value is -4.33. The standard InChI is InChI=1S/C28H24ClF5N6O3/c1-13-11-15(5-3-14(13)4-8-19(41)42)26(2)20-22(35)36-24(37-23(20)38-25(26)43)21-17-7-6-16(29)12-18(17)40(39-21)10-9-27(30,31)28(32,33)34/h3,5-7,11-12H,4,8-10H2,1-2H3,(H,41,42)(H3,35,36,37,38,43). The molecule has 1 amide bonds. The number of nitrogen functional groups attached to an aromatic ring is 1. The number of carboxylic acid groups (broad SMARTS) is 1. The summed E-state index contributed by atoms with van der Waals surface area (Å²) in [5, 5.41) is 16.5. The van der Waals surface area contributed by atoms with Gasteiger partial charge in [-0.25, -0.2) is 9.97 Å². The first-order chi connectivity index (χ1) is 20.0. The molecule has 43 heavy (non-hydrogen) atoms. The van der Waals surface area contributed by atoms with Crippen molar-refractivity contribution >= 4 is 46.0 Å². The molecule has 4 aromatic rings. The monoisotopic (exact) mass is 622 g/mol. The molecule has 0 fully saturated rings. The number of aliphatic carboxylic acids is 1. The predicted octanol–water partition coefficient (Wildman–Crippen LogP) is 5.90. The zero-order valence-electron chi connectivity index (χ0n) is 22.7. The first-order valence-electron chi connectivity index (χ1n) is 12.9. The lowest BCUT2D eigenvalue weighted by Crippen LogP contribution is -2.37. The third-order valence-electron chi connectivity index (χ3n) is 7.63. The number of halogens is 6. The summed E-state index contributed by atoms with van der Waals surface area (Å²) in [5.41, 5.74) is 7.73. The number of alkyl halides is 5. The van der Waals surface area contributed by atoms with Crippen molar-refractivity contribution in [3.05, 3.63) is 63.7 Å². The van der Waals surface area contributed by atoms with Crippen molar-refractivity contribution in [3.8, 4) is 11.5 Å². The Morgan fingerprint density at radius 3 is 2.51 bits per heavy atom. The van der Waals surface area contributed by atoms with Crippen molar-refractivity contribution in [2.45, 2.75) is 57.2 Å². The Kier molecular flexibility index (Phi) is 7.31. The first-order valence-corrected chi connectivity index (χ1v) is 13.3. The van der Waals surface area contributed by atoms with Crippen LogP contribution in [0.1, 0.15) is 42.0 Å². The molecular weight excluding hydrogens is 599 g/mol. The quantitative estimate of drug-likeness (QED) is 0.208. The van der Waals surface area contributed by atoms with Gasteiger partial charge in [0.15, 0.2) is 5.82 Å². The van der Waals surface area contributed by atoms with Crippen LogP contribution >= 0.6 is 11.6 Å². The first kappa shape index (κ1) is 30.1. The van der Waals surface area contributed by atoms with Crippen molar-refractivity contribution in [2.75, 3.05) is 11.1 Å². The van der Waals surface area contributed by atoms with E-state index < -0.39 is 42.4 Å². The summed E-state index contributed by atoms with van der Waals surface area (Å²) in [6.45, 7) is 2.66. The Balaban J connectivity index is 1.55. The normalized spacial score (nSPS) is 16.9. The van der Waals surface area contributed by atoms with Gasteiger partial charge in [0.25, 0.3) is 0 Å². The average Bonchev–Trinajstić information content (AvgIpc) is 3.40. The number of fused-ring (bicyclic) bond motifs is 2. The number of aryl methyl sites for hydroxylation is 3. The highest BCUT2D eigenvalue weighted by Crippen LogP contribution is 2.46. The third kappa shape index (κ3) is 5.24. The summed E-state index contributed by atoms with van der Waals surface area (Å²) in [6, 6.07) is 9.60. The fourth-order valence-corrected chi connectivity index (χ4v) is 5.35. The van der Waals surface area contributed by atoms with Crippen molar-refractivity contribution < 1.29 is 36.6 Å². The lowest BCUT2D eigenvalue weighted by molar-refractivity contribution is -0.285. The number of rotatable bonds is 8. The highest BCUT2D eigenvalue weighted by atomic mass is 35.5. The van der Waals surface area contributed by atoms with Crippen LogP contribution in [0.5, 0.6) is 0 Å². The molecule has 3 heterocycles. The van der Waals surface area contributed by atoms with Gasteiger partial charge in [-0.05, 0) is 55.2 Å². The summed E-state index contributed by atoms with van der Waals surface area (Å²) < 4.78 is 66.7. The maximum Gasteiger partial charge on any atom is 0.453 e. The second-order valence-electron chi connectivity index (χ2n) is 10.5. The predicted molar refractivity (Wildman–Crippen MR) is 148 cm³/mol. The molecule has 0 saturated carbocycles. The molecule has 0 radical (unpaired) electrons. The fraction of sp³-hybridized carbons (Fsp3) is 0.321. The van der Waals surface area contributed by atoms with Crippen molar-refractivity contribution in [2.24, 2.45) is 0 Å². The van der Waals surface area contributed by atoms with Crippen molar-refractivity contribution in [3.63, 3.8) is 0 Å². The minimum Gasteiger partial charge on any atom is -0.481 e. The number of nitrogens with zero attached hydrogens (tertiary/aromatic N) is 4. The molecule has 0 spiro atoms. The molecule has 0 aliphatic carbocycles. The number of amides is 1. The van der Waals surface area contributed by atoms with Gasteiger partial charge in [-0.2, -0.15) is 27.1 Å².